The van der Waals surface area contributed by atoms with Gasteiger partial charge in [0.15, 0.2) is 5.96 Å². The molecule has 0 aromatic carbocycles. The topological polar surface area (TPSA) is 63.9 Å². The van der Waals surface area contributed by atoms with Crippen molar-refractivity contribution in [1.29, 1.82) is 0 Å². The normalized spacial score (nSPS) is 11.5. The first-order valence-electron chi connectivity index (χ1n) is 8.80. The molecule has 142 valence electrons. The van der Waals surface area contributed by atoms with Gasteiger partial charge in [0, 0.05) is 51.9 Å². The standard InChI is InChI=1S/C19H29N5O2/c1-5-20-19(24(3)15-17-7-6-10-23(17)2)22-14-16-8-9-18(21-13-16)26-12-11-25-4/h6-10,13H,5,11-12,14-15H2,1-4H3,(H,20,22). The van der Waals surface area contributed by atoms with Gasteiger partial charge in [0.1, 0.15) is 6.61 Å². The summed E-state index contributed by atoms with van der Waals surface area (Å²) in [5.74, 6) is 1.47. The largest absolute Gasteiger partial charge is 0.475 e. The molecule has 0 fully saturated rings. The molecule has 0 amide bonds. The molecule has 0 bridgehead atoms. The third kappa shape index (κ3) is 6.07. The number of aromatic nitrogens is 2. The Hall–Kier alpha value is -2.54. The fraction of sp³-hybridized carbons (Fsp3) is 0.474. The minimum atomic E-state index is 0.496. The third-order valence-corrected chi connectivity index (χ3v) is 3.89. The van der Waals surface area contributed by atoms with Gasteiger partial charge in [-0.25, -0.2) is 9.98 Å². The molecule has 2 rings (SSSR count). The maximum atomic E-state index is 5.48. The lowest BCUT2D eigenvalue weighted by Gasteiger charge is -2.22. The van der Waals surface area contributed by atoms with Crippen LogP contribution in [0, 0.1) is 0 Å². The van der Waals surface area contributed by atoms with E-state index in [1.165, 1.54) is 5.69 Å². The molecule has 0 radical (unpaired) electrons. The number of aryl methyl sites for hydroxylation is 1. The van der Waals surface area contributed by atoms with E-state index in [9.17, 15) is 0 Å². The van der Waals surface area contributed by atoms with Gasteiger partial charge < -0.3 is 24.3 Å². The summed E-state index contributed by atoms with van der Waals surface area (Å²) in [6.45, 7) is 5.29. The van der Waals surface area contributed by atoms with Gasteiger partial charge in [0.05, 0.1) is 19.7 Å². The number of nitrogens with one attached hydrogen (secondary N) is 1. The molecule has 0 spiro atoms. The quantitative estimate of drug-likeness (QED) is 0.422. The molecule has 7 heteroatoms. The van der Waals surface area contributed by atoms with E-state index in [1.807, 2.05) is 19.2 Å². The van der Waals surface area contributed by atoms with Crippen LogP contribution in [0.25, 0.3) is 0 Å². The highest BCUT2D eigenvalue weighted by atomic mass is 16.5. The summed E-state index contributed by atoms with van der Waals surface area (Å²) in [5, 5.41) is 3.34. The van der Waals surface area contributed by atoms with Crippen LogP contribution in [-0.4, -0.2) is 54.3 Å². The maximum Gasteiger partial charge on any atom is 0.213 e. The second-order valence-electron chi connectivity index (χ2n) is 5.98. The molecule has 0 unspecified atom stereocenters. The minimum absolute atomic E-state index is 0.496. The molecule has 0 saturated heterocycles. The molecule has 0 aliphatic carbocycles. The zero-order valence-electron chi connectivity index (χ0n) is 16.1. The summed E-state index contributed by atoms with van der Waals surface area (Å²) < 4.78 is 12.6. The first kappa shape index (κ1) is 19.8. The average Bonchev–Trinajstić information content (AvgIpc) is 3.04. The van der Waals surface area contributed by atoms with E-state index in [1.54, 1.807) is 13.3 Å². The van der Waals surface area contributed by atoms with E-state index >= 15 is 0 Å². The highest BCUT2D eigenvalue weighted by molar-refractivity contribution is 5.79. The molecule has 0 aliphatic rings. The van der Waals surface area contributed by atoms with Crippen molar-refractivity contribution in [3.63, 3.8) is 0 Å². The second kappa shape index (κ2) is 10.5. The van der Waals surface area contributed by atoms with Crippen LogP contribution >= 0.6 is 0 Å². The molecule has 0 atom stereocenters. The lowest BCUT2D eigenvalue weighted by Crippen LogP contribution is -2.38. The maximum absolute atomic E-state index is 5.48. The van der Waals surface area contributed by atoms with E-state index in [4.69, 9.17) is 14.5 Å². The summed E-state index contributed by atoms with van der Waals surface area (Å²) in [7, 11) is 5.74. The van der Waals surface area contributed by atoms with Crippen molar-refractivity contribution in [2.24, 2.45) is 12.0 Å². The monoisotopic (exact) mass is 359 g/mol. The molecule has 26 heavy (non-hydrogen) atoms. The highest BCUT2D eigenvalue weighted by Crippen LogP contribution is 2.09. The van der Waals surface area contributed by atoms with Crippen LogP contribution in [0.15, 0.2) is 41.7 Å². The molecule has 2 aromatic rings. The van der Waals surface area contributed by atoms with Crippen molar-refractivity contribution < 1.29 is 9.47 Å². The summed E-state index contributed by atoms with van der Waals surface area (Å²) in [4.78, 5) is 11.1. The number of guanidine groups is 1. The van der Waals surface area contributed by atoms with Gasteiger partial charge in [0.25, 0.3) is 0 Å². The van der Waals surface area contributed by atoms with Gasteiger partial charge in [-0.05, 0) is 24.6 Å². The summed E-state index contributed by atoms with van der Waals surface area (Å²) in [6.07, 6.45) is 3.85. The minimum Gasteiger partial charge on any atom is -0.475 e. The van der Waals surface area contributed by atoms with Crippen LogP contribution in [0.3, 0.4) is 0 Å². The predicted octanol–water partition coefficient (Wildman–Crippen LogP) is 2.04. The Morgan fingerprint density at radius 3 is 2.77 bits per heavy atom. The number of rotatable bonds is 9. The van der Waals surface area contributed by atoms with E-state index < -0.39 is 0 Å². The Bertz CT molecular complexity index is 681. The Morgan fingerprint density at radius 2 is 2.15 bits per heavy atom. The van der Waals surface area contributed by atoms with Crippen molar-refractivity contribution >= 4 is 5.96 Å². The average molecular weight is 359 g/mol. The zero-order valence-corrected chi connectivity index (χ0v) is 16.1. The fourth-order valence-corrected chi connectivity index (χ4v) is 2.43. The van der Waals surface area contributed by atoms with E-state index in [-0.39, 0.29) is 0 Å². The SMILES string of the molecule is CCNC(=NCc1ccc(OCCOC)nc1)N(C)Cc1cccn1C. The Labute approximate surface area is 155 Å². The third-order valence-electron chi connectivity index (χ3n) is 3.89. The van der Waals surface area contributed by atoms with Gasteiger partial charge in [-0.3, -0.25) is 0 Å². The molecule has 0 saturated carbocycles. The first-order chi connectivity index (χ1) is 12.6. The van der Waals surface area contributed by atoms with E-state index in [0.717, 1.165) is 24.6 Å². The number of nitrogens with zero attached hydrogens (tertiary/aromatic N) is 4. The molecular formula is C19H29N5O2. The number of hydrogen-bond acceptors (Lipinski definition) is 4. The smallest absolute Gasteiger partial charge is 0.213 e. The number of aliphatic imine (C=N–C) groups is 1. The molecule has 2 heterocycles. The van der Waals surface area contributed by atoms with Crippen LogP contribution < -0.4 is 10.1 Å². The fourth-order valence-electron chi connectivity index (χ4n) is 2.43. The van der Waals surface area contributed by atoms with Crippen molar-refractivity contribution in [1.82, 2.24) is 19.8 Å². The Kier molecular flexibility index (Phi) is 7.95. The van der Waals surface area contributed by atoms with Crippen LogP contribution in [0.2, 0.25) is 0 Å². The van der Waals surface area contributed by atoms with Gasteiger partial charge in [-0.15, -0.1) is 0 Å². The van der Waals surface area contributed by atoms with Crippen molar-refractivity contribution in [2.45, 2.75) is 20.0 Å². The zero-order chi connectivity index (χ0) is 18.8. The number of pyridine rings is 1. The molecule has 2 aromatic heterocycles. The van der Waals surface area contributed by atoms with Crippen LogP contribution in [0.5, 0.6) is 5.88 Å². The van der Waals surface area contributed by atoms with Crippen LogP contribution in [0.1, 0.15) is 18.2 Å². The first-order valence-corrected chi connectivity index (χ1v) is 8.80. The molecule has 0 aliphatic heterocycles. The van der Waals surface area contributed by atoms with Gasteiger partial charge in [-0.1, -0.05) is 6.07 Å². The van der Waals surface area contributed by atoms with Crippen molar-refractivity contribution in [2.75, 3.05) is 33.9 Å². The van der Waals surface area contributed by atoms with E-state index in [2.05, 4.69) is 52.1 Å². The number of ether oxygens (including phenoxy) is 2. The van der Waals surface area contributed by atoms with Crippen LogP contribution in [-0.2, 0) is 24.9 Å². The molecular weight excluding hydrogens is 330 g/mol. The molecule has 1 N–H and O–H groups in total. The van der Waals surface area contributed by atoms with Crippen molar-refractivity contribution in [3.8, 4) is 5.88 Å². The Balaban J connectivity index is 1.96. The van der Waals surface area contributed by atoms with Gasteiger partial charge in [-0.2, -0.15) is 0 Å². The molecule has 7 nitrogen and oxygen atoms in total. The Morgan fingerprint density at radius 1 is 1.31 bits per heavy atom. The van der Waals surface area contributed by atoms with Crippen LogP contribution in [0.4, 0.5) is 0 Å². The number of hydrogen-bond donors (Lipinski definition) is 1. The lowest BCUT2D eigenvalue weighted by molar-refractivity contribution is 0.143. The van der Waals surface area contributed by atoms with E-state index in [0.29, 0.717) is 25.6 Å². The number of methoxy groups -OCH3 is 1. The summed E-state index contributed by atoms with van der Waals surface area (Å²) in [5.41, 5.74) is 2.27. The van der Waals surface area contributed by atoms with Gasteiger partial charge in [0.2, 0.25) is 5.88 Å². The predicted molar refractivity (Wildman–Crippen MR) is 103 cm³/mol. The van der Waals surface area contributed by atoms with Gasteiger partial charge >= 0.3 is 0 Å². The summed E-state index contributed by atoms with van der Waals surface area (Å²) in [6, 6.07) is 8.02. The summed E-state index contributed by atoms with van der Waals surface area (Å²) >= 11 is 0. The highest BCUT2D eigenvalue weighted by Gasteiger charge is 2.08. The lowest BCUT2D eigenvalue weighted by atomic mass is 10.3. The second-order valence-corrected chi connectivity index (χ2v) is 5.98. The van der Waals surface area contributed by atoms with Crippen molar-refractivity contribution in [3.05, 3.63) is 47.9 Å².